The van der Waals surface area contributed by atoms with E-state index in [1.165, 1.54) is 0 Å². The van der Waals surface area contributed by atoms with Crippen molar-refractivity contribution in [2.24, 2.45) is 5.41 Å². The monoisotopic (exact) mass is 264 g/mol. The molecule has 0 radical (unpaired) electrons. The Balaban J connectivity index is 1.90. The largest absolute Gasteiger partial charge is 0.481 e. The van der Waals surface area contributed by atoms with E-state index in [4.69, 9.17) is 5.11 Å². The Kier molecular flexibility index (Phi) is 3.76. The Hall–Kier alpha value is -1.29. The number of thioether (sulfide) groups is 1. The molecule has 1 N–H and O–H groups in total. The number of carboxylic acids is 1. The van der Waals surface area contributed by atoms with E-state index in [1.54, 1.807) is 18.7 Å². The third-order valence-electron chi connectivity index (χ3n) is 3.29. The molecule has 4 heteroatoms. The smallest absolute Gasteiger partial charge is 0.303 e. The van der Waals surface area contributed by atoms with Crippen LogP contribution in [0.15, 0.2) is 29.2 Å². The molecule has 18 heavy (non-hydrogen) atoms. The molecule has 3 nitrogen and oxygen atoms in total. The van der Waals surface area contributed by atoms with Gasteiger partial charge in [-0.25, -0.2) is 0 Å². The van der Waals surface area contributed by atoms with Crippen molar-refractivity contribution < 1.29 is 14.7 Å². The third-order valence-corrected chi connectivity index (χ3v) is 4.65. The number of hydrogen-bond acceptors (Lipinski definition) is 3. The number of carboxylic acid groups (broad SMARTS) is 1. The fourth-order valence-corrected chi connectivity index (χ4v) is 3.08. The summed E-state index contributed by atoms with van der Waals surface area (Å²) in [6.45, 7) is 1.55. The van der Waals surface area contributed by atoms with Crippen LogP contribution in [0, 0.1) is 5.41 Å². The number of carbonyl (C=O) groups excluding carboxylic acids is 1. The van der Waals surface area contributed by atoms with Gasteiger partial charge in [-0.05, 0) is 37.3 Å². The van der Waals surface area contributed by atoms with Crippen molar-refractivity contribution in [3.05, 3.63) is 29.8 Å². The summed E-state index contributed by atoms with van der Waals surface area (Å²) in [6.07, 6.45) is 2.29. The van der Waals surface area contributed by atoms with Crippen molar-refractivity contribution in [1.29, 1.82) is 0 Å². The molecule has 0 heterocycles. The van der Waals surface area contributed by atoms with Crippen molar-refractivity contribution in [1.82, 2.24) is 0 Å². The second-order valence-corrected chi connectivity index (χ2v) is 5.99. The van der Waals surface area contributed by atoms with Crippen molar-refractivity contribution in [2.45, 2.75) is 31.1 Å². The Morgan fingerprint density at radius 3 is 2.33 bits per heavy atom. The van der Waals surface area contributed by atoms with Crippen molar-refractivity contribution >= 4 is 23.5 Å². The van der Waals surface area contributed by atoms with Crippen molar-refractivity contribution in [3.8, 4) is 0 Å². The number of benzene rings is 1. The number of hydrogen-bond donors (Lipinski definition) is 1. The van der Waals surface area contributed by atoms with E-state index in [-0.39, 0.29) is 17.6 Å². The first-order chi connectivity index (χ1) is 8.51. The van der Waals surface area contributed by atoms with Crippen LogP contribution in [0.4, 0.5) is 0 Å². The lowest BCUT2D eigenvalue weighted by Gasteiger charge is -2.11. The van der Waals surface area contributed by atoms with Crippen LogP contribution in [0.3, 0.4) is 0 Å². The van der Waals surface area contributed by atoms with Gasteiger partial charge in [0, 0.05) is 16.2 Å². The van der Waals surface area contributed by atoms with E-state index in [9.17, 15) is 9.59 Å². The van der Waals surface area contributed by atoms with Crippen molar-refractivity contribution in [3.63, 3.8) is 0 Å². The summed E-state index contributed by atoms with van der Waals surface area (Å²) < 4.78 is 0. The molecule has 1 saturated carbocycles. The van der Waals surface area contributed by atoms with Crippen LogP contribution in [-0.2, 0) is 4.79 Å². The molecule has 0 aromatic heterocycles. The lowest BCUT2D eigenvalue weighted by molar-refractivity contribution is -0.138. The molecule has 0 saturated heterocycles. The van der Waals surface area contributed by atoms with Gasteiger partial charge in [0.25, 0.3) is 0 Å². The minimum Gasteiger partial charge on any atom is -0.481 e. The number of ketones is 1. The highest BCUT2D eigenvalue weighted by molar-refractivity contribution is 7.99. The lowest BCUT2D eigenvalue weighted by Crippen LogP contribution is -2.10. The van der Waals surface area contributed by atoms with Gasteiger partial charge >= 0.3 is 5.97 Å². The van der Waals surface area contributed by atoms with Crippen LogP contribution < -0.4 is 0 Å². The second kappa shape index (κ2) is 5.14. The van der Waals surface area contributed by atoms with Gasteiger partial charge in [0.1, 0.15) is 0 Å². The van der Waals surface area contributed by atoms with Gasteiger partial charge < -0.3 is 5.11 Å². The second-order valence-electron chi connectivity index (χ2n) is 4.94. The number of Topliss-reactive ketones (excluding diaryl/α,β-unsaturated/α-hetero) is 1. The first-order valence-electron chi connectivity index (χ1n) is 5.96. The minimum atomic E-state index is -0.708. The average molecular weight is 264 g/mol. The van der Waals surface area contributed by atoms with Crippen LogP contribution in [0.5, 0.6) is 0 Å². The van der Waals surface area contributed by atoms with E-state index in [0.717, 1.165) is 23.5 Å². The number of rotatable bonds is 6. The maximum absolute atomic E-state index is 11.1. The highest BCUT2D eigenvalue weighted by Crippen LogP contribution is 2.51. The Morgan fingerprint density at radius 1 is 1.28 bits per heavy atom. The predicted molar refractivity (Wildman–Crippen MR) is 71.1 cm³/mol. The standard InChI is InChI=1S/C14H16O3S/c1-10(15)11-2-4-12(5-3-11)18-9-14(6-7-14)8-13(16)17/h2-5H,6-9H2,1H3,(H,16,17). The topological polar surface area (TPSA) is 54.4 Å². The summed E-state index contributed by atoms with van der Waals surface area (Å²) in [7, 11) is 0. The molecule has 1 aromatic rings. The normalized spacial score (nSPS) is 16.3. The maximum atomic E-state index is 11.1. The molecule has 96 valence electrons. The Labute approximate surface area is 111 Å². The molecule has 0 aliphatic heterocycles. The maximum Gasteiger partial charge on any atom is 0.303 e. The quantitative estimate of drug-likeness (QED) is 0.633. The molecule has 0 amide bonds. The molecule has 0 bridgehead atoms. The SMILES string of the molecule is CC(=O)c1ccc(SCC2(CC(=O)O)CC2)cc1. The number of carbonyl (C=O) groups is 2. The molecule has 0 atom stereocenters. The molecule has 0 spiro atoms. The summed E-state index contributed by atoms with van der Waals surface area (Å²) in [5.74, 6) is 0.203. The molecule has 1 aromatic carbocycles. The van der Waals surface area contributed by atoms with Gasteiger partial charge in [-0.1, -0.05) is 12.1 Å². The summed E-state index contributed by atoms with van der Waals surface area (Å²) >= 11 is 1.68. The molecule has 1 aliphatic carbocycles. The molecular weight excluding hydrogens is 248 g/mol. The zero-order chi connectivity index (χ0) is 13.2. The fourth-order valence-electron chi connectivity index (χ4n) is 1.89. The minimum absolute atomic E-state index is 0.00967. The summed E-state index contributed by atoms with van der Waals surface area (Å²) in [4.78, 5) is 23.0. The summed E-state index contributed by atoms with van der Waals surface area (Å²) in [5, 5.41) is 8.84. The van der Waals surface area contributed by atoms with Gasteiger partial charge in [-0.15, -0.1) is 11.8 Å². The van der Waals surface area contributed by atoms with E-state index in [0.29, 0.717) is 5.56 Å². The zero-order valence-corrected chi connectivity index (χ0v) is 11.1. The van der Waals surface area contributed by atoms with Crippen molar-refractivity contribution in [2.75, 3.05) is 5.75 Å². The van der Waals surface area contributed by atoms with Crippen LogP contribution in [0.2, 0.25) is 0 Å². The third kappa shape index (κ3) is 3.35. The van der Waals surface area contributed by atoms with E-state index >= 15 is 0 Å². The molecule has 0 unspecified atom stereocenters. The Bertz CT molecular complexity index is 460. The highest BCUT2D eigenvalue weighted by Gasteiger charge is 2.44. The fraction of sp³-hybridized carbons (Fsp3) is 0.429. The molecule has 2 rings (SSSR count). The van der Waals surface area contributed by atoms with Gasteiger partial charge in [0.2, 0.25) is 0 Å². The van der Waals surface area contributed by atoms with Gasteiger partial charge in [0.05, 0.1) is 6.42 Å². The van der Waals surface area contributed by atoms with Gasteiger partial charge in [-0.2, -0.15) is 0 Å². The molecule has 1 fully saturated rings. The van der Waals surface area contributed by atoms with Gasteiger partial charge in [0.15, 0.2) is 5.78 Å². The lowest BCUT2D eigenvalue weighted by atomic mass is 10.1. The van der Waals surface area contributed by atoms with E-state index in [1.807, 2.05) is 24.3 Å². The van der Waals surface area contributed by atoms with E-state index < -0.39 is 5.97 Å². The van der Waals surface area contributed by atoms with Crippen LogP contribution in [-0.4, -0.2) is 22.6 Å². The Morgan fingerprint density at radius 2 is 1.89 bits per heavy atom. The van der Waals surface area contributed by atoms with Gasteiger partial charge in [-0.3, -0.25) is 9.59 Å². The first-order valence-corrected chi connectivity index (χ1v) is 6.95. The highest BCUT2D eigenvalue weighted by atomic mass is 32.2. The zero-order valence-electron chi connectivity index (χ0n) is 10.3. The first kappa shape index (κ1) is 13.1. The predicted octanol–water partition coefficient (Wildman–Crippen LogP) is 3.24. The molecular formula is C14H16O3S. The van der Waals surface area contributed by atoms with Crippen LogP contribution in [0.1, 0.15) is 36.5 Å². The molecule has 1 aliphatic rings. The summed E-state index contributed by atoms with van der Waals surface area (Å²) in [6, 6.07) is 7.50. The average Bonchev–Trinajstić information content (AvgIpc) is 3.06. The van der Waals surface area contributed by atoms with Crippen LogP contribution in [0.25, 0.3) is 0 Å². The van der Waals surface area contributed by atoms with E-state index in [2.05, 4.69) is 0 Å². The van der Waals surface area contributed by atoms with Crippen LogP contribution >= 0.6 is 11.8 Å². The summed E-state index contributed by atoms with van der Waals surface area (Å²) in [5.41, 5.74) is 0.724. The number of aliphatic carboxylic acids is 1.